The zero-order chi connectivity index (χ0) is 12.8. The number of likely N-dealkylation sites (N-methyl/N-ethyl adjacent to an activating group) is 2. The predicted molar refractivity (Wildman–Crippen MR) is 44.3 cm³/mol. The van der Waals surface area contributed by atoms with E-state index >= 15 is 0 Å². The van der Waals surface area contributed by atoms with Crippen LogP contribution in [0.2, 0.25) is 0 Å². The van der Waals surface area contributed by atoms with Crippen LogP contribution in [-0.2, 0) is 14.4 Å². The highest BCUT2D eigenvalue weighted by molar-refractivity contribution is 7.87. The van der Waals surface area contributed by atoms with Crippen molar-refractivity contribution in [3.63, 3.8) is 0 Å². The number of alkyl halides is 3. The van der Waals surface area contributed by atoms with Crippen molar-refractivity contribution in [2.45, 2.75) is 5.51 Å². The molecule has 0 aromatic rings. The maximum Gasteiger partial charge on any atom is 0.571 e. The largest absolute Gasteiger partial charge is 0.571 e. The third-order valence-corrected chi connectivity index (χ3v) is 3.21. The third kappa shape index (κ3) is 2.18. The second-order valence-corrected chi connectivity index (χ2v) is 5.01. The van der Waals surface area contributed by atoms with E-state index in [2.05, 4.69) is 4.28 Å². The van der Waals surface area contributed by atoms with Gasteiger partial charge in [0.15, 0.2) is 6.54 Å². The first-order valence-electron chi connectivity index (χ1n) is 4.12. The lowest BCUT2D eigenvalue weighted by Crippen LogP contribution is -2.49. The fourth-order valence-electron chi connectivity index (χ4n) is 1.21. The van der Waals surface area contributed by atoms with Crippen LogP contribution < -0.4 is 0 Å². The molecule has 0 aromatic carbocycles. The molecule has 1 aliphatic rings. The van der Waals surface area contributed by atoms with Crippen LogP contribution in [0.15, 0.2) is 0 Å². The Morgan fingerprint density at radius 2 is 1.94 bits per heavy atom. The highest BCUT2D eigenvalue weighted by Gasteiger charge is 2.58. The van der Waals surface area contributed by atoms with Crippen molar-refractivity contribution in [1.29, 1.82) is 0 Å². The van der Waals surface area contributed by atoms with Gasteiger partial charge in [-0.1, -0.05) is 8.67 Å². The lowest BCUT2D eigenvalue weighted by atomic mass is 10.6. The number of quaternary nitrogens is 1. The number of halogens is 4. The summed E-state index contributed by atoms with van der Waals surface area (Å²) in [6.07, 6.45) is -1.09. The van der Waals surface area contributed by atoms with Crippen molar-refractivity contribution in [3.05, 3.63) is 0 Å². The molecule has 0 fully saturated rings. The zero-order valence-electron chi connectivity index (χ0n) is 8.45. The van der Waals surface area contributed by atoms with Crippen molar-refractivity contribution >= 4 is 16.2 Å². The Labute approximate surface area is 89.2 Å². The molecule has 1 atom stereocenters. The minimum Gasteiger partial charge on any atom is -0.185 e. The van der Waals surface area contributed by atoms with Gasteiger partial charge in [0.2, 0.25) is 6.54 Å². The van der Waals surface area contributed by atoms with Gasteiger partial charge in [0.1, 0.15) is 14.1 Å². The molecule has 16 heavy (non-hydrogen) atoms. The summed E-state index contributed by atoms with van der Waals surface area (Å²) in [4.78, 5) is 0. The molecule has 0 bridgehead atoms. The average molecular weight is 266 g/mol. The van der Waals surface area contributed by atoms with Gasteiger partial charge in [-0.15, -0.1) is 4.58 Å². The Balaban J connectivity index is 3.01. The third-order valence-electron chi connectivity index (χ3n) is 2.11. The van der Waals surface area contributed by atoms with Gasteiger partial charge in [0.25, 0.3) is 0 Å². The summed E-state index contributed by atoms with van der Waals surface area (Å²) in [5, 5.41) is 0. The normalized spacial score (nSPS) is 27.6. The Hall–Kier alpha value is -0.740. The van der Waals surface area contributed by atoms with Crippen LogP contribution in [0.25, 0.3) is 0 Å². The number of rotatable bonds is 2. The van der Waals surface area contributed by atoms with Crippen molar-refractivity contribution < 1.29 is 39.5 Å². The van der Waals surface area contributed by atoms with Crippen molar-refractivity contribution in [3.8, 4) is 0 Å². The van der Waals surface area contributed by atoms with E-state index in [4.69, 9.17) is 0 Å². The number of hydroxylamine groups is 3. The lowest BCUT2D eigenvalue weighted by molar-refractivity contribution is -0.993. The fraction of sp³-hybridized carbons (Fsp3) is 0.833. The molecule has 0 amide bonds. The number of amidine groups is 1. The summed E-state index contributed by atoms with van der Waals surface area (Å²) in [7, 11) is -3.63. The Morgan fingerprint density at radius 3 is 2.25 bits per heavy atom. The summed E-state index contributed by atoms with van der Waals surface area (Å²) in [6, 6.07) is 0. The van der Waals surface area contributed by atoms with Crippen molar-refractivity contribution in [2.24, 2.45) is 0 Å². The number of nitrogens with zero attached hydrogens (tertiary/aromatic N) is 2. The number of hydrogen-bond acceptors (Lipinski definition) is 3. The zero-order valence-corrected chi connectivity index (χ0v) is 9.27. The first-order chi connectivity index (χ1) is 7.00. The molecule has 0 spiro atoms. The molecule has 94 valence electrons. The first-order valence-corrected chi connectivity index (χ1v) is 5.52. The summed E-state index contributed by atoms with van der Waals surface area (Å²) in [5.41, 5.74) is -5.56. The molecule has 1 rings (SSSR count). The summed E-state index contributed by atoms with van der Waals surface area (Å²) in [6.45, 7) is -0.159. The lowest BCUT2D eigenvalue weighted by Gasteiger charge is -2.18. The molecule has 0 saturated heterocycles. The monoisotopic (exact) mass is 266 g/mol. The molecule has 1 heterocycles. The van der Waals surface area contributed by atoms with Crippen molar-refractivity contribution in [2.75, 3.05) is 27.2 Å². The minimum atomic E-state index is -5.81. The molecule has 5 nitrogen and oxygen atoms in total. The van der Waals surface area contributed by atoms with Crippen molar-refractivity contribution in [1.82, 2.24) is 0 Å². The Morgan fingerprint density at radius 1 is 1.44 bits per heavy atom. The summed E-state index contributed by atoms with van der Waals surface area (Å²) < 4.78 is 74.3. The van der Waals surface area contributed by atoms with Gasteiger partial charge in [-0.25, -0.2) is 0 Å². The van der Waals surface area contributed by atoms with Crippen LogP contribution in [0.5, 0.6) is 0 Å². The Kier molecular flexibility index (Phi) is 3.03. The average Bonchev–Trinajstić information content (AvgIpc) is 2.31. The van der Waals surface area contributed by atoms with Gasteiger partial charge in [0.05, 0.1) is 0 Å². The molecule has 0 aliphatic carbocycles. The van der Waals surface area contributed by atoms with E-state index < -0.39 is 26.4 Å². The highest BCUT2D eigenvalue weighted by Crippen LogP contribution is 2.28. The van der Waals surface area contributed by atoms with Crippen LogP contribution in [0.1, 0.15) is 0 Å². The molecular weight excluding hydrogens is 256 g/mol. The molecule has 10 heteroatoms. The van der Waals surface area contributed by atoms with E-state index in [9.17, 15) is 26.0 Å². The van der Waals surface area contributed by atoms with E-state index in [0.29, 0.717) is 0 Å². The van der Waals surface area contributed by atoms with E-state index in [1.54, 1.807) is 0 Å². The maximum atomic E-state index is 13.3. The predicted octanol–water partition coefficient (Wildman–Crippen LogP) is 0.196. The second-order valence-electron chi connectivity index (χ2n) is 3.49. The van der Waals surface area contributed by atoms with Crippen LogP contribution in [0.3, 0.4) is 0 Å². The topological polar surface area (TPSA) is 46.4 Å². The number of hydrogen-bond donors (Lipinski definition) is 0. The van der Waals surface area contributed by atoms with Crippen LogP contribution in [0.4, 0.5) is 17.6 Å². The maximum absolute atomic E-state index is 13.3. The van der Waals surface area contributed by atoms with Gasteiger partial charge in [-0.05, 0) is 4.65 Å². The van der Waals surface area contributed by atoms with E-state index in [1.807, 2.05) is 0 Å². The van der Waals surface area contributed by atoms with Crippen LogP contribution in [-0.4, -0.2) is 56.4 Å². The van der Waals surface area contributed by atoms with Crippen LogP contribution in [0, 0.1) is 0 Å². The highest BCUT2D eigenvalue weighted by atomic mass is 32.2. The SMILES string of the molecule is C[N+]1=C(F)[N+](C)(OS(=O)(=O)C(F)(F)F)CC1. The van der Waals surface area contributed by atoms with E-state index in [0.717, 1.165) is 11.6 Å². The summed E-state index contributed by atoms with van der Waals surface area (Å²) in [5.74, 6) is 0. The second kappa shape index (κ2) is 3.64. The molecule has 1 aliphatic heterocycles. The van der Waals surface area contributed by atoms with Gasteiger partial charge in [-0.3, -0.25) is 0 Å². The van der Waals surface area contributed by atoms with Gasteiger partial charge in [0, 0.05) is 0 Å². The standard InChI is InChI=1S/C6H10F4N2O3S/c1-11-3-4-12(2,5(11)7)15-16(13,14)6(8,9)10/h3-4H2,1-2H3/q+2. The van der Waals surface area contributed by atoms with Gasteiger partial charge in [-0.2, -0.15) is 21.6 Å². The minimum absolute atomic E-state index is 0.0652. The molecule has 1 unspecified atom stereocenters. The molecule has 0 saturated carbocycles. The van der Waals surface area contributed by atoms with Gasteiger partial charge >= 0.3 is 21.7 Å². The quantitative estimate of drug-likeness (QED) is 0.236. The molecule has 0 aromatic heterocycles. The molecular formula is C6H10F4N2O3S+2. The first kappa shape index (κ1) is 13.3. The Bertz CT molecular complexity index is 430. The molecule has 0 radical (unpaired) electrons. The smallest absolute Gasteiger partial charge is 0.185 e. The van der Waals surface area contributed by atoms with E-state index in [1.165, 1.54) is 7.05 Å². The van der Waals surface area contributed by atoms with Crippen LogP contribution >= 0.6 is 0 Å². The molecule has 0 N–H and O–H groups in total. The van der Waals surface area contributed by atoms with Gasteiger partial charge < -0.3 is 0 Å². The fourth-order valence-corrected chi connectivity index (χ4v) is 1.87. The van der Waals surface area contributed by atoms with E-state index in [-0.39, 0.29) is 13.1 Å². The summed E-state index contributed by atoms with van der Waals surface area (Å²) >= 11 is 0.